The molecule has 2 aromatic rings. The van der Waals surface area contributed by atoms with E-state index in [-0.39, 0.29) is 6.61 Å². The Hall–Kier alpha value is -1.76. The molecule has 0 spiro atoms. The molecule has 19 heavy (non-hydrogen) atoms. The standard InChI is InChI=1S/C15H15ClN2O/c1-12-15(16)10-17-18(12)11-14-8-3-2-6-13(14)7-4-5-9-19/h2-3,6,8,10,19H,5,9,11H2,1H3. The van der Waals surface area contributed by atoms with Gasteiger partial charge < -0.3 is 5.11 Å². The molecule has 4 heteroatoms. The summed E-state index contributed by atoms with van der Waals surface area (Å²) in [6, 6.07) is 7.93. The van der Waals surface area contributed by atoms with Gasteiger partial charge in [-0.3, -0.25) is 4.68 Å². The van der Waals surface area contributed by atoms with Crippen LogP contribution in [0.3, 0.4) is 0 Å². The van der Waals surface area contributed by atoms with Crippen LogP contribution in [0.15, 0.2) is 30.5 Å². The van der Waals surface area contributed by atoms with Gasteiger partial charge in [-0.25, -0.2) is 0 Å². The zero-order chi connectivity index (χ0) is 13.7. The molecule has 0 amide bonds. The van der Waals surface area contributed by atoms with Crippen LogP contribution in [-0.4, -0.2) is 21.5 Å². The summed E-state index contributed by atoms with van der Waals surface area (Å²) < 4.78 is 1.86. The molecule has 1 N–H and O–H groups in total. The summed E-state index contributed by atoms with van der Waals surface area (Å²) >= 11 is 6.00. The molecule has 0 aliphatic carbocycles. The third kappa shape index (κ3) is 3.37. The molecule has 0 atom stereocenters. The van der Waals surface area contributed by atoms with Crippen molar-refractivity contribution < 1.29 is 5.11 Å². The molecule has 98 valence electrons. The zero-order valence-corrected chi connectivity index (χ0v) is 11.5. The van der Waals surface area contributed by atoms with Gasteiger partial charge >= 0.3 is 0 Å². The number of rotatable bonds is 3. The van der Waals surface area contributed by atoms with Crippen molar-refractivity contribution >= 4 is 11.6 Å². The molecule has 1 heterocycles. The molecule has 0 fully saturated rings. The van der Waals surface area contributed by atoms with Gasteiger partial charge in [0.25, 0.3) is 0 Å². The average molecular weight is 275 g/mol. The van der Waals surface area contributed by atoms with E-state index in [0.29, 0.717) is 18.0 Å². The number of nitrogens with zero attached hydrogens (tertiary/aromatic N) is 2. The normalized spacial score (nSPS) is 10.1. The van der Waals surface area contributed by atoms with Crippen LogP contribution < -0.4 is 0 Å². The lowest BCUT2D eigenvalue weighted by Crippen LogP contribution is -2.05. The Morgan fingerprint density at radius 3 is 2.84 bits per heavy atom. The number of aliphatic hydroxyl groups excluding tert-OH is 1. The topological polar surface area (TPSA) is 38.0 Å². The highest BCUT2D eigenvalue weighted by Gasteiger charge is 2.06. The molecular weight excluding hydrogens is 260 g/mol. The van der Waals surface area contributed by atoms with E-state index in [1.165, 1.54) is 0 Å². The predicted molar refractivity (Wildman–Crippen MR) is 76.1 cm³/mol. The van der Waals surface area contributed by atoms with Crippen molar-refractivity contribution in [3.8, 4) is 11.8 Å². The van der Waals surface area contributed by atoms with Gasteiger partial charge in [-0.2, -0.15) is 5.10 Å². The van der Waals surface area contributed by atoms with Gasteiger partial charge in [0.05, 0.1) is 30.1 Å². The molecule has 1 aromatic carbocycles. The van der Waals surface area contributed by atoms with E-state index in [1.807, 2.05) is 35.9 Å². The second kappa shape index (κ2) is 6.42. The summed E-state index contributed by atoms with van der Waals surface area (Å²) in [6.45, 7) is 2.67. The molecule has 0 saturated heterocycles. The van der Waals surface area contributed by atoms with Gasteiger partial charge in [0.2, 0.25) is 0 Å². The summed E-state index contributed by atoms with van der Waals surface area (Å²) in [6.07, 6.45) is 2.14. The summed E-state index contributed by atoms with van der Waals surface area (Å²) in [7, 11) is 0. The third-order valence-electron chi connectivity index (χ3n) is 2.84. The fourth-order valence-electron chi connectivity index (χ4n) is 1.74. The van der Waals surface area contributed by atoms with Crippen LogP contribution in [0.5, 0.6) is 0 Å². The molecule has 0 aliphatic heterocycles. The fourth-order valence-corrected chi connectivity index (χ4v) is 1.88. The average Bonchev–Trinajstić information content (AvgIpc) is 2.73. The molecule has 0 bridgehead atoms. The Labute approximate surface area is 117 Å². The maximum atomic E-state index is 8.76. The van der Waals surface area contributed by atoms with Crippen molar-refractivity contribution in [2.45, 2.75) is 19.9 Å². The highest BCUT2D eigenvalue weighted by atomic mass is 35.5. The van der Waals surface area contributed by atoms with E-state index in [4.69, 9.17) is 16.7 Å². The first-order valence-corrected chi connectivity index (χ1v) is 6.45. The molecule has 0 radical (unpaired) electrons. The fraction of sp³-hybridized carbons (Fsp3) is 0.267. The van der Waals surface area contributed by atoms with Crippen LogP contribution >= 0.6 is 11.6 Å². The molecule has 2 rings (SSSR count). The second-order valence-electron chi connectivity index (χ2n) is 4.17. The van der Waals surface area contributed by atoms with Gasteiger partial charge in [0.15, 0.2) is 0 Å². The Balaban J connectivity index is 2.26. The highest BCUT2D eigenvalue weighted by molar-refractivity contribution is 6.31. The molecular formula is C15H15ClN2O. The van der Waals surface area contributed by atoms with Gasteiger partial charge in [0.1, 0.15) is 0 Å². The van der Waals surface area contributed by atoms with E-state index >= 15 is 0 Å². The Morgan fingerprint density at radius 1 is 1.37 bits per heavy atom. The van der Waals surface area contributed by atoms with Gasteiger partial charge in [0, 0.05) is 12.0 Å². The minimum absolute atomic E-state index is 0.0863. The van der Waals surface area contributed by atoms with Crippen molar-refractivity contribution in [2.75, 3.05) is 6.61 Å². The van der Waals surface area contributed by atoms with Crippen molar-refractivity contribution in [2.24, 2.45) is 0 Å². The maximum absolute atomic E-state index is 8.76. The molecule has 1 aromatic heterocycles. The number of aliphatic hydroxyl groups is 1. The molecule has 0 aliphatic rings. The third-order valence-corrected chi connectivity index (χ3v) is 3.21. The highest BCUT2D eigenvalue weighted by Crippen LogP contribution is 2.16. The molecule has 0 saturated carbocycles. The SMILES string of the molecule is Cc1c(Cl)cnn1Cc1ccccc1C#CCCO. The zero-order valence-electron chi connectivity index (χ0n) is 10.7. The molecule has 0 unspecified atom stereocenters. The summed E-state index contributed by atoms with van der Waals surface area (Å²) in [5.41, 5.74) is 3.00. The Bertz CT molecular complexity index is 623. The van der Waals surface area contributed by atoms with Gasteiger partial charge in [-0.05, 0) is 18.6 Å². The van der Waals surface area contributed by atoms with Crippen molar-refractivity contribution in [1.29, 1.82) is 0 Å². The van der Waals surface area contributed by atoms with Crippen LogP contribution in [0.1, 0.15) is 23.2 Å². The van der Waals surface area contributed by atoms with Crippen LogP contribution in [0.25, 0.3) is 0 Å². The van der Waals surface area contributed by atoms with E-state index in [1.54, 1.807) is 6.20 Å². The smallest absolute Gasteiger partial charge is 0.0815 e. The van der Waals surface area contributed by atoms with Crippen molar-refractivity contribution in [3.05, 3.63) is 52.3 Å². The number of hydrogen-bond acceptors (Lipinski definition) is 2. The quantitative estimate of drug-likeness (QED) is 0.874. The minimum atomic E-state index is 0.0863. The summed E-state index contributed by atoms with van der Waals surface area (Å²) in [5.74, 6) is 6.02. The molecule has 3 nitrogen and oxygen atoms in total. The Kier molecular flexibility index (Phi) is 4.62. The van der Waals surface area contributed by atoms with E-state index in [2.05, 4.69) is 16.9 Å². The van der Waals surface area contributed by atoms with Crippen LogP contribution in [0, 0.1) is 18.8 Å². The van der Waals surface area contributed by atoms with E-state index in [0.717, 1.165) is 16.8 Å². The lowest BCUT2D eigenvalue weighted by Gasteiger charge is -2.07. The minimum Gasteiger partial charge on any atom is -0.395 e. The van der Waals surface area contributed by atoms with Crippen LogP contribution in [-0.2, 0) is 6.54 Å². The first-order chi connectivity index (χ1) is 9.22. The maximum Gasteiger partial charge on any atom is 0.0815 e. The van der Waals surface area contributed by atoms with Crippen LogP contribution in [0.4, 0.5) is 0 Å². The second-order valence-corrected chi connectivity index (χ2v) is 4.58. The number of halogens is 1. The number of benzene rings is 1. The number of hydrogen-bond donors (Lipinski definition) is 1. The van der Waals surface area contributed by atoms with Gasteiger partial charge in [-0.1, -0.05) is 41.6 Å². The monoisotopic (exact) mass is 274 g/mol. The number of aromatic nitrogens is 2. The van der Waals surface area contributed by atoms with Crippen molar-refractivity contribution in [3.63, 3.8) is 0 Å². The lowest BCUT2D eigenvalue weighted by molar-refractivity contribution is 0.305. The van der Waals surface area contributed by atoms with Gasteiger partial charge in [-0.15, -0.1) is 0 Å². The van der Waals surface area contributed by atoms with Crippen molar-refractivity contribution in [1.82, 2.24) is 9.78 Å². The van der Waals surface area contributed by atoms with E-state index in [9.17, 15) is 0 Å². The van der Waals surface area contributed by atoms with Crippen LogP contribution in [0.2, 0.25) is 5.02 Å². The summed E-state index contributed by atoms with van der Waals surface area (Å²) in [4.78, 5) is 0. The lowest BCUT2D eigenvalue weighted by atomic mass is 10.1. The first kappa shape index (κ1) is 13.7. The first-order valence-electron chi connectivity index (χ1n) is 6.08. The summed E-state index contributed by atoms with van der Waals surface area (Å²) in [5, 5.41) is 13.7. The Morgan fingerprint density at radius 2 is 2.16 bits per heavy atom. The van der Waals surface area contributed by atoms with E-state index < -0.39 is 0 Å². The predicted octanol–water partition coefficient (Wildman–Crippen LogP) is 2.63. The largest absolute Gasteiger partial charge is 0.395 e.